The molecule has 1 aliphatic heterocycles. The number of nitrogens with zero attached hydrogens (tertiary/aromatic N) is 1. The number of likely N-dealkylation sites (tertiary alicyclic amines) is 1. The van der Waals surface area contributed by atoms with Gasteiger partial charge in [-0.2, -0.15) is 0 Å². The van der Waals surface area contributed by atoms with E-state index < -0.39 is 8.80 Å². The van der Waals surface area contributed by atoms with Crippen LogP contribution in [0.5, 0.6) is 0 Å². The van der Waals surface area contributed by atoms with E-state index in [-0.39, 0.29) is 12.0 Å². The number of rotatable bonds is 5. The molecule has 0 aromatic carbocycles. The Balaban J connectivity index is 2.25. The van der Waals surface area contributed by atoms with E-state index in [1.54, 1.807) is 4.90 Å². The predicted octanol–water partition coefficient (Wildman–Crippen LogP) is -0.464. The summed E-state index contributed by atoms with van der Waals surface area (Å²) in [6, 6.07) is -0.00421. The number of carbonyl (C=O) groups excluding carboxylic acids is 1. The van der Waals surface area contributed by atoms with Crippen molar-refractivity contribution in [2.24, 2.45) is 5.92 Å². The first-order valence-electron chi connectivity index (χ1n) is 4.93. The van der Waals surface area contributed by atoms with Gasteiger partial charge in [-0.15, -0.1) is 0 Å². The molecule has 1 saturated heterocycles. The first-order valence-corrected chi connectivity index (χ1v) is 8.10. The van der Waals surface area contributed by atoms with E-state index in [1.165, 1.54) is 0 Å². The van der Waals surface area contributed by atoms with Crippen molar-refractivity contribution >= 4 is 30.6 Å². The lowest BCUT2D eigenvalue weighted by Gasteiger charge is -2.17. The van der Waals surface area contributed by atoms with Crippen LogP contribution < -0.4 is 0 Å². The molecule has 1 aliphatic rings. The van der Waals surface area contributed by atoms with E-state index in [0.29, 0.717) is 25.3 Å². The summed E-state index contributed by atoms with van der Waals surface area (Å²) >= 11 is 3.34. The molecule has 0 aromatic heterocycles. The summed E-state index contributed by atoms with van der Waals surface area (Å²) in [5, 5.41) is 0.813. The van der Waals surface area contributed by atoms with Crippen molar-refractivity contribution in [1.29, 1.82) is 0 Å². The van der Waals surface area contributed by atoms with E-state index in [1.807, 2.05) is 0 Å². The van der Waals surface area contributed by atoms with Crippen molar-refractivity contribution in [1.82, 2.24) is 4.90 Å². The molecular weight excluding hydrogens is 282 g/mol. The number of hydrogen-bond acceptors (Lipinski definition) is 4. The molecule has 7 heteroatoms. The lowest BCUT2D eigenvalue weighted by atomic mass is 10.2. The summed E-state index contributed by atoms with van der Waals surface area (Å²) in [5.74, 6) is 0.470. The van der Waals surface area contributed by atoms with Gasteiger partial charge in [0.2, 0.25) is 5.91 Å². The number of alkyl halides is 1. The number of carbonyl (C=O) groups is 1. The highest BCUT2D eigenvalue weighted by Gasteiger charge is 2.30. The van der Waals surface area contributed by atoms with Crippen LogP contribution in [0.3, 0.4) is 0 Å². The first kappa shape index (κ1) is 13.1. The maximum absolute atomic E-state index is 11.4. The molecule has 5 nitrogen and oxygen atoms in total. The average Bonchev–Trinajstić information content (AvgIpc) is 2.45. The van der Waals surface area contributed by atoms with Crippen LogP contribution in [0, 0.1) is 5.92 Å². The molecule has 15 heavy (non-hydrogen) atoms. The van der Waals surface area contributed by atoms with Gasteiger partial charge in [0.15, 0.2) is 0 Å². The molecule has 0 aromatic rings. The fraction of sp³-hybridized carbons (Fsp3) is 0.875. The third-order valence-corrected chi connectivity index (χ3v) is 4.39. The summed E-state index contributed by atoms with van der Waals surface area (Å²) < 4.78 is 0. The van der Waals surface area contributed by atoms with E-state index in [0.717, 1.165) is 11.9 Å². The predicted molar refractivity (Wildman–Crippen MR) is 60.3 cm³/mol. The van der Waals surface area contributed by atoms with Crippen LogP contribution in [-0.2, 0) is 4.79 Å². The largest absolute Gasteiger partial charge is 0.492 e. The summed E-state index contributed by atoms with van der Waals surface area (Å²) in [4.78, 5) is 39.5. The van der Waals surface area contributed by atoms with E-state index in [2.05, 4.69) is 15.9 Å². The van der Waals surface area contributed by atoms with Gasteiger partial charge < -0.3 is 19.3 Å². The van der Waals surface area contributed by atoms with Gasteiger partial charge in [0.05, 0.1) is 0 Å². The molecule has 1 atom stereocenters. The molecule has 1 fully saturated rings. The van der Waals surface area contributed by atoms with Gasteiger partial charge in [-0.25, -0.2) is 0 Å². The summed E-state index contributed by atoms with van der Waals surface area (Å²) in [5.41, 5.74) is 0. The highest BCUT2D eigenvalue weighted by Crippen LogP contribution is 2.20. The smallest absolute Gasteiger partial charge is 0.390 e. The summed E-state index contributed by atoms with van der Waals surface area (Å²) in [6.07, 6.45) is 1.00. The maximum Gasteiger partial charge on any atom is 0.492 e. The SMILES string of the molecule is O=C1CC(CBr)CN1CCC[Si](O)(O)O. The third kappa shape index (κ3) is 4.60. The molecular formula is C8H16BrNO4Si. The van der Waals surface area contributed by atoms with Crippen LogP contribution in [-0.4, -0.2) is 52.4 Å². The highest BCUT2D eigenvalue weighted by atomic mass is 79.9. The Morgan fingerprint density at radius 3 is 2.60 bits per heavy atom. The zero-order valence-corrected chi connectivity index (χ0v) is 11.0. The van der Waals surface area contributed by atoms with E-state index >= 15 is 0 Å². The van der Waals surface area contributed by atoms with Crippen LogP contribution in [0.1, 0.15) is 12.8 Å². The van der Waals surface area contributed by atoms with E-state index in [4.69, 9.17) is 14.4 Å². The normalized spacial score (nSPS) is 22.5. The molecule has 1 heterocycles. The van der Waals surface area contributed by atoms with Gasteiger partial charge in [0, 0.05) is 30.9 Å². The van der Waals surface area contributed by atoms with Crippen LogP contribution in [0.2, 0.25) is 6.04 Å². The second-order valence-corrected chi connectivity index (χ2v) is 6.64. The van der Waals surface area contributed by atoms with Crippen molar-refractivity contribution in [2.75, 3.05) is 18.4 Å². The second kappa shape index (κ2) is 5.40. The lowest BCUT2D eigenvalue weighted by molar-refractivity contribution is -0.127. The van der Waals surface area contributed by atoms with Gasteiger partial charge in [0.1, 0.15) is 0 Å². The Kier molecular flexibility index (Phi) is 4.72. The fourth-order valence-corrected chi connectivity index (χ4v) is 2.75. The Morgan fingerprint density at radius 1 is 1.47 bits per heavy atom. The molecule has 0 spiro atoms. The van der Waals surface area contributed by atoms with Crippen LogP contribution in [0.4, 0.5) is 0 Å². The summed E-state index contributed by atoms with van der Waals surface area (Å²) in [6.45, 7) is 1.22. The third-order valence-electron chi connectivity index (χ3n) is 2.45. The topological polar surface area (TPSA) is 81.0 Å². The summed E-state index contributed by atoms with van der Waals surface area (Å²) in [7, 11) is -3.92. The van der Waals surface area contributed by atoms with E-state index in [9.17, 15) is 4.79 Å². The molecule has 0 bridgehead atoms. The molecule has 0 aliphatic carbocycles. The standard InChI is InChI=1S/C8H16BrNO4Si/c9-5-7-4-8(11)10(6-7)2-1-3-15(12,13)14/h7,12-14H,1-6H2. The van der Waals surface area contributed by atoms with Crippen molar-refractivity contribution in [3.8, 4) is 0 Å². The minimum atomic E-state index is -3.92. The van der Waals surface area contributed by atoms with Crippen molar-refractivity contribution in [3.63, 3.8) is 0 Å². The Labute approximate surface area is 98.2 Å². The minimum Gasteiger partial charge on any atom is -0.390 e. The van der Waals surface area contributed by atoms with Crippen LogP contribution in [0.15, 0.2) is 0 Å². The average molecular weight is 298 g/mol. The zero-order chi connectivity index (χ0) is 11.5. The van der Waals surface area contributed by atoms with Crippen molar-refractivity contribution in [2.45, 2.75) is 18.9 Å². The Hall–Kier alpha value is 0.0469. The fourth-order valence-electron chi connectivity index (χ4n) is 1.68. The maximum atomic E-state index is 11.4. The Bertz CT molecular complexity index is 233. The molecule has 0 radical (unpaired) electrons. The van der Waals surface area contributed by atoms with Crippen LogP contribution >= 0.6 is 15.9 Å². The highest BCUT2D eigenvalue weighted by molar-refractivity contribution is 9.09. The lowest BCUT2D eigenvalue weighted by Crippen LogP contribution is -2.36. The van der Waals surface area contributed by atoms with Crippen LogP contribution in [0.25, 0.3) is 0 Å². The van der Waals surface area contributed by atoms with Gasteiger partial charge in [-0.3, -0.25) is 4.79 Å². The minimum absolute atomic E-state index is 0.00421. The molecule has 3 N–H and O–H groups in total. The van der Waals surface area contributed by atoms with Crippen molar-refractivity contribution < 1.29 is 19.2 Å². The van der Waals surface area contributed by atoms with Gasteiger partial charge in [-0.05, 0) is 12.3 Å². The second-order valence-electron chi connectivity index (χ2n) is 3.94. The molecule has 1 unspecified atom stereocenters. The zero-order valence-electron chi connectivity index (χ0n) is 8.40. The molecule has 1 amide bonds. The monoisotopic (exact) mass is 297 g/mol. The van der Waals surface area contributed by atoms with Gasteiger partial charge >= 0.3 is 8.80 Å². The number of hydrogen-bond donors (Lipinski definition) is 3. The number of amides is 1. The molecule has 88 valence electrons. The number of halogens is 1. The van der Waals surface area contributed by atoms with Crippen molar-refractivity contribution in [3.05, 3.63) is 0 Å². The first-order chi connectivity index (χ1) is 6.92. The molecule has 1 rings (SSSR count). The van der Waals surface area contributed by atoms with Gasteiger partial charge in [0.25, 0.3) is 0 Å². The van der Waals surface area contributed by atoms with Gasteiger partial charge in [-0.1, -0.05) is 15.9 Å². The Morgan fingerprint density at radius 2 is 2.13 bits per heavy atom. The quantitative estimate of drug-likeness (QED) is 0.474. The molecule has 0 saturated carbocycles.